The van der Waals surface area contributed by atoms with Crippen LogP contribution < -0.4 is 9.64 Å². The lowest BCUT2D eigenvalue weighted by Crippen LogP contribution is -2.48. The molecule has 1 atom stereocenters. The average Bonchev–Trinajstić information content (AvgIpc) is 3.02. The first-order chi connectivity index (χ1) is 17.0. The minimum absolute atomic E-state index is 0.103. The third-order valence-corrected chi connectivity index (χ3v) is 7.30. The number of amides is 2. The number of hydrogen-bond acceptors (Lipinski definition) is 6. The molecule has 0 radical (unpaired) electrons. The summed E-state index contributed by atoms with van der Waals surface area (Å²) in [5.74, 6) is 0.590. The van der Waals surface area contributed by atoms with Crippen LogP contribution >= 0.6 is 0 Å². The fourth-order valence-corrected chi connectivity index (χ4v) is 5.32. The van der Waals surface area contributed by atoms with Gasteiger partial charge in [0.25, 0.3) is 5.91 Å². The summed E-state index contributed by atoms with van der Waals surface area (Å²) in [5.41, 5.74) is 4.23. The third-order valence-electron chi connectivity index (χ3n) is 7.30. The first kappa shape index (κ1) is 23.6. The van der Waals surface area contributed by atoms with E-state index in [0.717, 1.165) is 38.3 Å². The van der Waals surface area contributed by atoms with Gasteiger partial charge in [-0.3, -0.25) is 14.5 Å². The van der Waals surface area contributed by atoms with Gasteiger partial charge in [-0.05, 0) is 29.7 Å². The molecule has 0 spiro atoms. The molecule has 2 aromatic rings. The van der Waals surface area contributed by atoms with Crippen LogP contribution in [0.1, 0.15) is 28.4 Å². The van der Waals surface area contributed by atoms with Gasteiger partial charge in [-0.15, -0.1) is 0 Å². The number of hydrogen-bond donors (Lipinski definition) is 1. The third kappa shape index (κ3) is 5.28. The maximum atomic E-state index is 13.3. The van der Waals surface area contributed by atoms with E-state index in [2.05, 4.69) is 34.1 Å². The molecule has 8 nitrogen and oxygen atoms in total. The van der Waals surface area contributed by atoms with Crippen LogP contribution in [-0.4, -0.2) is 96.7 Å². The van der Waals surface area contributed by atoms with Gasteiger partial charge in [0.2, 0.25) is 5.91 Å². The Morgan fingerprint density at radius 2 is 1.77 bits per heavy atom. The second-order valence-corrected chi connectivity index (χ2v) is 9.68. The summed E-state index contributed by atoms with van der Waals surface area (Å²) < 4.78 is 5.96. The van der Waals surface area contributed by atoms with E-state index < -0.39 is 6.10 Å². The van der Waals surface area contributed by atoms with Crippen LogP contribution in [0.3, 0.4) is 0 Å². The van der Waals surface area contributed by atoms with Crippen LogP contribution in [0, 0.1) is 0 Å². The lowest BCUT2D eigenvalue weighted by molar-refractivity contribution is -0.129. The smallest absolute Gasteiger partial charge is 0.257 e. The zero-order valence-corrected chi connectivity index (χ0v) is 20.4. The number of aliphatic hydroxyl groups excluding tert-OH is 1. The Morgan fingerprint density at radius 1 is 1.00 bits per heavy atom. The molecule has 35 heavy (non-hydrogen) atoms. The van der Waals surface area contributed by atoms with Crippen molar-refractivity contribution in [1.29, 1.82) is 0 Å². The molecular weight excluding hydrogens is 444 g/mol. The molecule has 186 valence electrons. The molecule has 3 aliphatic rings. The molecule has 0 unspecified atom stereocenters. The Kier molecular flexibility index (Phi) is 6.92. The number of benzene rings is 2. The van der Waals surface area contributed by atoms with Gasteiger partial charge in [0.1, 0.15) is 12.4 Å². The Hall–Kier alpha value is -3.10. The molecule has 1 saturated heterocycles. The van der Waals surface area contributed by atoms with Gasteiger partial charge in [-0.1, -0.05) is 24.3 Å². The molecule has 3 heterocycles. The van der Waals surface area contributed by atoms with E-state index in [0.29, 0.717) is 44.1 Å². The van der Waals surface area contributed by atoms with E-state index in [1.165, 1.54) is 11.1 Å². The summed E-state index contributed by atoms with van der Waals surface area (Å²) in [7, 11) is 0. The maximum Gasteiger partial charge on any atom is 0.257 e. The number of ether oxygens (including phenoxy) is 1. The zero-order valence-electron chi connectivity index (χ0n) is 20.4. The van der Waals surface area contributed by atoms with Crippen LogP contribution in [0.25, 0.3) is 0 Å². The maximum absolute atomic E-state index is 13.3. The van der Waals surface area contributed by atoms with E-state index >= 15 is 0 Å². The minimum Gasteiger partial charge on any atom is -0.491 e. The molecule has 3 aliphatic heterocycles. The predicted octanol–water partition coefficient (Wildman–Crippen LogP) is 1.61. The molecule has 2 amide bonds. The molecule has 0 bridgehead atoms. The molecular formula is C27H34N4O4. The molecule has 0 aliphatic carbocycles. The highest BCUT2D eigenvalue weighted by molar-refractivity contribution is 5.97. The van der Waals surface area contributed by atoms with Crippen molar-refractivity contribution in [3.8, 4) is 5.75 Å². The molecule has 5 rings (SSSR count). The van der Waals surface area contributed by atoms with E-state index in [1.54, 1.807) is 11.8 Å². The van der Waals surface area contributed by atoms with E-state index in [9.17, 15) is 14.7 Å². The highest BCUT2D eigenvalue weighted by atomic mass is 16.5. The second kappa shape index (κ2) is 10.3. The standard InChI is InChI=1S/C27H34N4O4/c1-20(32)29-10-12-30(13-11-29)23-6-7-25-26(16-23)35-15-14-31(27(25)34)19-24(33)18-28-9-8-21-4-2-3-5-22(21)17-28/h2-7,16,24,33H,8-15,17-19H2,1H3/t24-/m1/s1. The Labute approximate surface area is 206 Å². The van der Waals surface area contributed by atoms with Crippen LogP contribution in [-0.2, 0) is 17.8 Å². The van der Waals surface area contributed by atoms with Crippen molar-refractivity contribution >= 4 is 17.5 Å². The number of nitrogens with zero attached hydrogens (tertiary/aromatic N) is 4. The fraction of sp³-hybridized carbons (Fsp3) is 0.481. The van der Waals surface area contributed by atoms with Crippen molar-refractivity contribution in [3.05, 3.63) is 59.2 Å². The monoisotopic (exact) mass is 478 g/mol. The summed E-state index contributed by atoms with van der Waals surface area (Å²) in [6.07, 6.45) is 0.362. The summed E-state index contributed by atoms with van der Waals surface area (Å²) in [4.78, 5) is 32.9. The number of piperazine rings is 1. The molecule has 0 aromatic heterocycles. The summed E-state index contributed by atoms with van der Waals surface area (Å²) in [6.45, 7) is 7.91. The fourth-order valence-electron chi connectivity index (χ4n) is 5.32. The quantitative estimate of drug-likeness (QED) is 0.704. The molecule has 1 fully saturated rings. The van der Waals surface area contributed by atoms with Crippen LogP contribution in [0.2, 0.25) is 0 Å². The van der Waals surface area contributed by atoms with E-state index in [1.807, 2.05) is 23.1 Å². The van der Waals surface area contributed by atoms with Gasteiger partial charge in [0, 0.05) is 71.0 Å². The van der Waals surface area contributed by atoms with Crippen molar-refractivity contribution in [3.63, 3.8) is 0 Å². The molecule has 1 N–H and O–H groups in total. The van der Waals surface area contributed by atoms with Gasteiger partial charge in [-0.2, -0.15) is 0 Å². The number of fused-ring (bicyclic) bond motifs is 2. The van der Waals surface area contributed by atoms with Gasteiger partial charge in [-0.25, -0.2) is 0 Å². The average molecular weight is 479 g/mol. The van der Waals surface area contributed by atoms with Crippen molar-refractivity contribution in [2.45, 2.75) is 26.0 Å². The Balaban J connectivity index is 1.20. The summed E-state index contributed by atoms with van der Waals surface area (Å²) in [6, 6.07) is 14.2. The van der Waals surface area contributed by atoms with Crippen molar-refractivity contribution in [2.24, 2.45) is 0 Å². The van der Waals surface area contributed by atoms with Gasteiger partial charge in [0.05, 0.1) is 18.2 Å². The largest absolute Gasteiger partial charge is 0.491 e. The van der Waals surface area contributed by atoms with Crippen molar-refractivity contribution in [1.82, 2.24) is 14.7 Å². The zero-order chi connectivity index (χ0) is 24.4. The van der Waals surface area contributed by atoms with E-state index in [4.69, 9.17) is 4.74 Å². The highest BCUT2D eigenvalue weighted by Crippen LogP contribution is 2.29. The summed E-state index contributed by atoms with van der Waals surface area (Å²) >= 11 is 0. The first-order valence-corrected chi connectivity index (χ1v) is 12.5. The highest BCUT2D eigenvalue weighted by Gasteiger charge is 2.28. The van der Waals surface area contributed by atoms with E-state index in [-0.39, 0.29) is 18.4 Å². The van der Waals surface area contributed by atoms with Crippen molar-refractivity contribution in [2.75, 3.05) is 63.9 Å². The summed E-state index contributed by atoms with van der Waals surface area (Å²) in [5, 5.41) is 10.8. The van der Waals surface area contributed by atoms with Crippen LogP contribution in [0.5, 0.6) is 5.75 Å². The number of rotatable bonds is 5. The SMILES string of the molecule is CC(=O)N1CCN(c2ccc3c(c2)OCCN(C[C@H](O)CN2CCc4ccccc4C2)C3=O)CC1. The normalized spacial score (nSPS) is 19.5. The Bertz CT molecular complexity index is 1080. The van der Waals surface area contributed by atoms with Crippen LogP contribution in [0.4, 0.5) is 5.69 Å². The van der Waals surface area contributed by atoms with Crippen LogP contribution in [0.15, 0.2) is 42.5 Å². The molecule has 0 saturated carbocycles. The van der Waals surface area contributed by atoms with Gasteiger partial charge >= 0.3 is 0 Å². The number of β-amino-alcohol motifs (C(OH)–C–C–N with tert-alkyl or cyclic N) is 1. The molecule has 2 aromatic carbocycles. The number of carbonyl (C=O) groups excluding carboxylic acids is 2. The Morgan fingerprint density at radius 3 is 2.54 bits per heavy atom. The molecule has 8 heteroatoms. The number of carbonyl (C=O) groups is 2. The lowest BCUT2D eigenvalue weighted by Gasteiger charge is -2.35. The van der Waals surface area contributed by atoms with Crippen molar-refractivity contribution < 1.29 is 19.4 Å². The topological polar surface area (TPSA) is 76.6 Å². The predicted molar refractivity (Wildman–Crippen MR) is 134 cm³/mol. The van der Waals surface area contributed by atoms with Gasteiger partial charge < -0.3 is 24.5 Å². The first-order valence-electron chi connectivity index (χ1n) is 12.5. The number of aliphatic hydroxyl groups is 1. The lowest BCUT2D eigenvalue weighted by atomic mass is 10.00. The second-order valence-electron chi connectivity index (χ2n) is 9.68. The minimum atomic E-state index is -0.623. The van der Waals surface area contributed by atoms with Gasteiger partial charge in [0.15, 0.2) is 0 Å². The number of anilines is 1.